The highest BCUT2D eigenvalue weighted by atomic mass is 19.1. The molecule has 190 valence electrons. The Hall–Kier alpha value is -1.12. The Kier molecular flexibility index (Phi) is 18.5. The summed E-state index contributed by atoms with van der Waals surface area (Å²) in [5, 5.41) is 10.6. The Bertz CT molecular complexity index is 446. The monoisotopic (exact) mass is 468 g/mol. The molecule has 0 bridgehead atoms. The topological polar surface area (TPSA) is 128 Å². The normalized spacial score (nSPS) is 16.3. The van der Waals surface area contributed by atoms with Gasteiger partial charge in [0.1, 0.15) is 6.17 Å². The number of hydrogen-bond donors (Lipinski definition) is 3. The maximum Gasteiger partial charge on any atom is 0.404 e. The Balaban J connectivity index is 1.78. The van der Waals surface area contributed by atoms with Gasteiger partial charge in [-0.3, -0.25) is 9.80 Å². The molecular weight excluding hydrogens is 427 g/mol. The van der Waals surface area contributed by atoms with Crippen molar-refractivity contribution in [1.29, 1.82) is 0 Å². The van der Waals surface area contributed by atoms with Gasteiger partial charge in [-0.1, -0.05) is 0 Å². The van der Waals surface area contributed by atoms with Crippen molar-refractivity contribution in [3.8, 4) is 0 Å². The van der Waals surface area contributed by atoms with Gasteiger partial charge < -0.3 is 39.8 Å². The number of piperazine rings is 1. The SMILES string of the molecule is NCC(F)COCCN1CCN(CCOCCOCCOCCOCCNC(=O)O)CC1. The minimum atomic E-state index is -1.07. The first kappa shape index (κ1) is 28.9. The molecule has 0 radical (unpaired) electrons. The van der Waals surface area contributed by atoms with Gasteiger partial charge in [0.2, 0.25) is 0 Å². The zero-order valence-electron chi connectivity index (χ0n) is 19.1. The van der Waals surface area contributed by atoms with E-state index in [0.29, 0.717) is 59.5 Å². The molecule has 11 nitrogen and oxygen atoms in total. The van der Waals surface area contributed by atoms with E-state index in [-0.39, 0.29) is 19.7 Å². The highest BCUT2D eigenvalue weighted by molar-refractivity contribution is 5.64. The lowest BCUT2D eigenvalue weighted by molar-refractivity contribution is -0.00534. The van der Waals surface area contributed by atoms with Gasteiger partial charge >= 0.3 is 6.09 Å². The van der Waals surface area contributed by atoms with Crippen molar-refractivity contribution in [3.63, 3.8) is 0 Å². The molecule has 0 spiro atoms. The van der Waals surface area contributed by atoms with E-state index in [0.717, 1.165) is 39.3 Å². The molecule has 1 unspecified atom stereocenters. The lowest BCUT2D eigenvalue weighted by atomic mass is 10.3. The molecule has 4 N–H and O–H groups in total. The van der Waals surface area contributed by atoms with E-state index in [9.17, 15) is 9.18 Å². The number of halogens is 1. The van der Waals surface area contributed by atoms with Crippen molar-refractivity contribution in [1.82, 2.24) is 15.1 Å². The Morgan fingerprint density at radius 3 is 1.72 bits per heavy atom. The largest absolute Gasteiger partial charge is 0.465 e. The summed E-state index contributed by atoms with van der Waals surface area (Å²) in [6.45, 7) is 10.5. The number of nitrogens with two attached hydrogens (primary N) is 1. The van der Waals surface area contributed by atoms with E-state index in [2.05, 4.69) is 15.1 Å². The molecule has 1 amide bonds. The van der Waals surface area contributed by atoms with Crippen LogP contribution in [0.2, 0.25) is 0 Å². The summed E-state index contributed by atoms with van der Waals surface area (Å²) < 4.78 is 39.9. The molecule has 0 aromatic rings. The number of carboxylic acid groups (broad SMARTS) is 1. The molecule has 0 aromatic carbocycles. The van der Waals surface area contributed by atoms with Crippen LogP contribution >= 0.6 is 0 Å². The van der Waals surface area contributed by atoms with Gasteiger partial charge in [-0.05, 0) is 0 Å². The minimum Gasteiger partial charge on any atom is -0.465 e. The van der Waals surface area contributed by atoms with Crippen molar-refractivity contribution in [2.24, 2.45) is 5.73 Å². The molecule has 0 saturated carbocycles. The Labute approximate surface area is 190 Å². The van der Waals surface area contributed by atoms with Gasteiger partial charge in [0.15, 0.2) is 0 Å². The average Bonchev–Trinajstić information content (AvgIpc) is 2.79. The summed E-state index contributed by atoms with van der Waals surface area (Å²) in [7, 11) is 0. The second-order valence-electron chi connectivity index (χ2n) is 7.27. The molecule has 1 atom stereocenters. The molecule has 1 heterocycles. The van der Waals surface area contributed by atoms with Gasteiger partial charge in [0.05, 0.1) is 66.1 Å². The number of amides is 1. The molecule has 1 rings (SSSR count). The Morgan fingerprint density at radius 2 is 1.25 bits per heavy atom. The van der Waals surface area contributed by atoms with E-state index < -0.39 is 12.3 Å². The maximum atomic E-state index is 13.0. The van der Waals surface area contributed by atoms with Crippen molar-refractivity contribution in [2.75, 3.05) is 118 Å². The summed E-state index contributed by atoms with van der Waals surface area (Å²) in [6.07, 6.45) is -2.13. The van der Waals surface area contributed by atoms with Crippen LogP contribution in [0.25, 0.3) is 0 Å². The maximum absolute atomic E-state index is 13.0. The third-order valence-electron chi connectivity index (χ3n) is 4.76. The number of ether oxygens (including phenoxy) is 5. The van der Waals surface area contributed by atoms with Crippen LogP contribution in [0.4, 0.5) is 9.18 Å². The van der Waals surface area contributed by atoms with Gasteiger partial charge in [-0.15, -0.1) is 0 Å². The van der Waals surface area contributed by atoms with Crippen LogP contribution in [0.3, 0.4) is 0 Å². The van der Waals surface area contributed by atoms with E-state index in [4.69, 9.17) is 34.5 Å². The van der Waals surface area contributed by atoms with E-state index in [1.807, 2.05) is 0 Å². The van der Waals surface area contributed by atoms with Crippen LogP contribution < -0.4 is 11.1 Å². The lowest BCUT2D eigenvalue weighted by Gasteiger charge is -2.34. The van der Waals surface area contributed by atoms with Crippen LogP contribution in [0.1, 0.15) is 0 Å². The number of nitrogens with zero attached hydrogens (tertiary/aromatic N) is 2. The number of rotatable bonds is 21. The van der Waals surface area contributed by atoms with Crippen LogP contribution in [-0.2, 0) is 23.7 Å². The number of hydrogen-bond acceptors (Lipinski definition) is 9. The molecule has 0 aromatic heterocycles. The predicted octanol–water partition coefficient (Wildman–Crippen LogP) is -0.749. The third-order valence-corrected chi connectivity index (χ3v) is 4.76. The summed E-state index contributed by atoms with van der Waals surface area (Å²) in [6, 6.07) is 0. The highest BCUT2D eigenvalue weighted by Crippen LogP contribution is 2.01. The first-order chi connectivity index (χ1) is 15.6. The van der Waals surface area contributed by atoms with Crippen molar-refractivity contribution < 1.29 is 38.0 Å². The number of nitrogens with one attached hydrogen (secondary N) is 1. The predicted molar refractivity (Wildman–Crippen MR) is 117 cm³/mol. The molecule has 1 fully saturated rings. The summed E-state index contributed by atoms with van der Waals surface area (Å²) in [5.74, 6) is 0. The standard InChI is InChI=1S/C20H41FN4O7/c21-19(17-22)18-32-10-7-25-4-2-24(3-5-25)6-9-29-12-14-31-16-15-30-13-11-28-8-1-23-20(26)27/h19,23H,1-18,22H2,(H,26,27). The van der Waals surface area contributed by atoms with Gasteiger partial charge in [-0.2, -0.15) is 0 Å². The first-order valence-electron chi connectivity index (χ1n) is 11.3. The molecule has 32 heavy (non-hydrogen) atoms. The minimum absolute atomic E-state index is 0.00936. The average molecular weight is 469 g/mol. The second-order valence-corrected chi connectivity index (χ2v) is 7.27. The van der Waals surface area contributed by atoms with Crippen LogP contribution in [-0.4, -0.2) is 146 Å². The zero-order valence-corrected chi connectivity index (χ0v) is 19.1. The molecular formula is C20H41FN4O7. The summed E-state index contributed by atoms with van der Waals surface area (Å²) in [4.78, 5) is 14.9. The van der Waals surface area contributed by atoms with Gasteiger partial charge in [0, 0.05) is 52.4 Å². The van der Waals surface area contributed by atoms with Crippen molar-refractivity contribution in [3.05, 3.63) is 0 Å². The smallest absolute Gasteiger partial charge is 0.404 e. The van der Waals surface area contributed by atoms with E-state index in [1.165, 1.54) is 0 Å². The molecule has 0 aliphatic carbocycles. The summed E-state index contributed by atoms with van der Waals surface area (Å²) >= 11 is 0. The highest BCUT2D eigenvalue weighted by Gasteiger charge is 2.16. The third kappa shape index (κ3) is 17.4. The van der Waals surface area contributed by atoms with E-state index >= 15 is 0 Å². The number of carbonyl (C=O) groups is 1. The second kappa shape index (κ2) is 20.5. The first-order valence-corrected chi connectivity index (χ1v) is 11.3. The fourth-order valence-electron chi connectivity index (χ4n) is 2.89. The van der Waals surface area contributed by atoms with Crippen molar-refractivity contribution >= 4 is 6.09 Å². The molecule has 12 heteroatoms. The van der Waals surface area contributed by atoms with Gasteiger partial charge in [-0.25, -0.2) is 9.18 Å². The van der Waals surface area contributed by atoms with E-state index in [1.54, 1.807) is 0 Å². The summed E-state index contributed by atoms with van der Waals surface area (Å²) in [5.41, 5.74) is 5.22. The molecule has 1 aliphatic heterocycles. The lowest BCUT2D eigenvalue weighted by Crippen LogP contribution is -2.48. The molecule has 1 aliphatic rings. The fraction of sp³-hybridized carbons (Fsp3) is 0.950. The Morgan fingerprint density at radius 1 is 0.812 bits per heavy atom. The zero-order chi connectivity index (χ0) is 23.3. The van der Waals surface area contributed by atoms with Gasteiger partial charge in [0.25, 0.3) is 0 Å². The van der Waals surface area contributed by atoms with Crippen LogP contribution in [0, 0.1) is 0 Å². The van der Waals surface area contributed by atoms with Crippen LogP contribution in [0.15, 0.2) is 0 Å². The molecule has 1 saturated heterocycles. The van der Waals surface area contributed by atoms with Crippen molar-refractivity contribution in [2.45, 2.75) is 6.17 Å². The quantitative estimate of drug-likeness (QED) is 0.185. The van der Waals surface area contributed by atoms with Crippen LogP contribution in [0.5, 0.6) is 0 Å². The number of alkyl halides is 1. The fourth-order valence-corrected chi connectivity index (χ4v) is 2.89.